The third-order valence-electron chi connectivity index (χ3n) is 4.49. The standard InChI is InChI=1S/C22H24F4N2O3/c1-11(2)19(29)9-16-6-15(5-12(3)27-16)22(30)28-13(4)14-7-17(23)21(18(24)8-14)31-10-20(25)26/h5-8,11,13,20H,9-10H2,1-4H3,(H,28,30). The van der Waals surface area contributed by atoms with Crippen LogP contribution in [0.25, 0.3) is 0 Å². The molecule has 0 bridgehead atoms. The first-order valence-electron chi connectivity index (χ1n) is 9.69. The van der Waals surface area contributed by atoms with Crippen LogP contribution < -0.4 is 10.1 Å². The van der Waals surface area contributed by atoms with E-state index in [2.05, 4.69) is 15.0 Å². The molecule has 168 valence electrons. The summed E-state index contributed by atoms with van der Waals surface area (Å²) >= 11 is 0. The van der Waals surface area contributed by atoms with Crippen LogP contribution in [0.1, 0.15) is 54.1 Å². The summed E-state index contributed by atoms with van der Waals surface area (Å²) in [5.41, 5.74) is 1.34. The van der Waals surface area contributed by atoms with Crippen LogP contribution in [0.3, 0.4) is 0 Å². The average molecular weight is 440 g/mol. The molecule has 1 N–H and O–H groups in total. The summed E-state index contributed by atoms with van der Waals surface area (Å²) in [6.07, 6.45) is -2.78. The summed E-state index contributed by atoms with van der Waals surface area (Å²) in [5, 5.41) is 2.62. The van der Waals surface area contributed by atoms with E-state index in [1.165, 1.54) is 19.1 Å². The maximum absolute atomic E-state index is 14.1. The molecule has 0 fully saturated rings. The molecule has 0 spiro atoms. The third-order valence-corrected chi connectivity index (χ3v) is 4.49. The summed E-state index contributed by atoms with van der Waals surface area (Å²) in [6, 6.07) is 4.07. The van der Waals surface area contributed by atoms with Gasteiger partial charge in [-0.05, 0) is 43.7 Å². The monoisotopic (exact) mass is 440 g/mol. The van der Waals surface area contributed by atoms with Crippen LogP contribution in [0.5, 0.6) is 5.75 Å². The number of hydrogen-bond donors (Lipinski definition) is 1. The van der Waals surface area contributed by atoms with E-state index in [0.717, 1.165) is 12.1 Å². The molecule has 5 nitrogen and oxygen atoms in total. The number of ketones is 1. The molecule has 31 heavy (non-hydrogen) atoms. The highest BCUT2D eigenvalue weighted by Crippen LogP contribution is 2.27. The van der Waals surface area contributed by atoms with Gasteiger partial charge in [0.2, 0.25) is 0 Å². The van der Waals surface area contributed by atoms with E-state index < -0.39 is 42.4 Å². The Labute approximate surface area is 177 Å². The zero-order chi connectivity index (χ0) is 23.3. The maximum Gasteiger partial charge on any atom is 0.272 e. The molecule has 1 atom stereocenters. The molecule has 0 aliphatic carbocycles. The van der Waals surface area contributed by atoms with Crippen molar-refractivity contribution in [2.45, 2.75) is 46.6 Å². The van der Waals surface area contributed by atoms with Crippen LogP contribution in [-0.4, -0.2) is 29.7 Å². The predicted octanol–water partition coefficient (Wildman–Crippen LogP) is 4.57. The molecule has 0 saturated carbocycles. The van der Waals surface area contributed by atoms with Gasteiger partial charge >= 0.3 is 0 Å². The normalized spacial score (nSPS) is 12.2. The van der Waals surface area contributed by atoms with Crippen LogP contribution in [0.2, 0.25) is 0 Å². The number of nitrogens with one attached hydrogen (secondary N) is 1. The number of hydrogen-bond acceptors (Lipinski definition) is 4. The number of rotatable bonds is 9. The molecule has 1 amide bonds. The van der Waals surface area contributed by atoms with Crippen molar-refractivity contribution in [3.05, 3.63) is 58.4 Å². The van der Waals surface area contributed by atoms with E-state index in [1.54, 1.807) is 20.8 Å². The number of amides is 1. The van der Waals surface area contributed by atoms with Gasteiger partial charge < -0.3 is 10.1 Å². The number of aryl methyl sites for hydroxylation is 1. The van der Waals surface area contributed by atoms with Crippen molar-refractivity contribution in [2.75, 3.05) is 6.61 Å². The Morgan fingerprint density at radius 1 is 1.06 bits per heavy atom. The van der Waals surface area contributed by atoms with Crippen LogP contribution in [-0.2, 0) is 11.2 Å². The Morgan fingerprint density at radius 2 is 1.68 bits per heavy atom. The number of pyridine rings is 1. The zero-order valence-electron chi connectivity index (χ0n) is 17.6. The second-order valence-corrected chi connectivity index (χ2v) is 7.50. The molecule has 0 saturated heterocycles. The molecule has 2 rings (SSSR count). The van der Waals surface area contributed by atoms with Gasteiger partial charge in [-0.2, -0.15) is 0 Å². The second-order valence-electron chi connectivity index (χ2n) is 7.50. The van der Waals surface area contributed by atoms with Crippen molar-refractivity contribution in [1.29, 1.82) is 0 Å². The Bertz CT molecular complexity index is 941. The molecule has 9 heteroatoms. The van der Waals surface area contributed by atoms with Crippen molar-refractivity contribution in [3.63, 3.8) is 0 Å². The first-order chi connectivity index (χ1) is 14.5. The number of ether oxygens (including phenoxy) is 1. The van der Waals surface area contributed by atoms with Gasteiger partial charge in [-0.15, -0.1) is 0 Å². The van der Waals surface area contributed by atoms with Crippen LogP contribution in [0, 0.1) is 24.5 Å². The Morgan fingerprint density at radius 3 is 2.23 bits per heavy atom. The fourth-order valence-electron chi connectivity index (χ4n) is 2.82. The number of carbonyl (C=O) groups is 2. The van der Waals surface area contributed by atoms with E-state index in [-0.39, 0.29) is 29.2 Å². The SMILES string of the molecule is Cc1cc(C(=O)NC(C)c2cc(F)c(OCC(F)F)c(F)c2)cc(CC(=O)C(C)C)n1. The van der Waals surface area contributed by atoms with E-state index in [0.29, 0.717) is 11.4 Å². The van der Waals surface area contributed by atoms with E-state index in [4.69, 9.17) is 0 Å². The summed E-state index contributed by atoms with van der Waals surface area (Å²) in [6.45, 7) is 5.61. The van der Waals surface area contributed by atoms with Crippen molar-refractivity contribution in [3.8, 4) is 5.75 Å². The average Bonchev–Trinajstić information content (AvgIpc) is 2.66. The van der Waals surface area contributed by atoms with E-state index in [9.17, 15) is 27.2 Å². The van der Waals surface area contributed by atoms with Gasteiger partial charge in [-0.25, -0.2) is 17.6 Å². The largest absolute Gasteiger partial charge is 0.482 e. The van der Waals surface area contributed by atoms with Crippen molar-refractivity contribution in [2.24, 2.45) is 5.92 Å². The number of nitrogens with zero attached hydrogens (tertiary/aromatic N) is 1. The van der Waals surface area contributed by atoms with Crippen LogP contribution in [0.15, 0.2) is 24.3 Å². The lowest BCUT2D eigenvalue weighted by molar-refractivity contribution is -0.121. The highest BCUT2D eigenvalue weighted by Gasteiger charge is 2.20. The Balaban J connectivity index is 2.17. The highest BCUT2D eigenvalue weighted by molar-refractivity contribution is 5.95. The number of carbonyl (C=O) groups excluding carboxylic acids is 2. The third kappa shape index (κ3) is 6.77. The molecule has 1 aromatic carbocycles. The predicted molar refractivity (Wildman–Crippen MR) is 106 cm³/mol. The second kappa shape index (κ2) is 10.4. The number of benzene rings is 1. The molecular weight excluding hydrogens is 416 g/mol. The van der Waals surface area contributed by atoms with Crippen LogP contribution in [0.4, 0.5) is 17.6 Å². The van der Waals surface area contributed by atoms with Gasteiger partial charge in [-0.1, -0.05) is 13.8 Å². The van der Waals surface area contributed by atoms with Gasteiger partial charge in [-0.3, -0.25) is 14.6 Å². The lowest BCUT2D eigenvalue weighted by Gasteiger charge is -2.17. The molecule has 0 aliphatic heterocycles. The quantitative estimate of drug-likeness (QED) is 0.580. The Kier molecular flexibility index (Phi) is 8.13. The fraction of sp³-hybridized carbons (Fsp3) is 0.409. The number of halogens is 4. The van der Waals surface area contributed by atoms with Gasteiger partial charge in [0.25, 0.3) is 12.3 Å². The fourth-order valence-corrected chi connectivity index (χ4v) is 2.82. The summed E-state index contributed by atoms with van der Waals surface area (Å²) in [4.78, 5) is 28.9. The summed E-state index contributed by atoms with van der Waals surface area (Å²) < 4.78 is 57.1. The lowest BCUT2D eigenvalue weighted by Crippen LogP contribution is -2.27. The molecule has 1 heterocycles. The van der Waals surface area contributed by atoms with Gasteiger partial charge in [0.05, 0.1) is 6.04 Å². The molecule has 1 unspecified atom stereocenters. The first kappa shape index (κ1) is 24.3. The maximum atomic E-state index is 14.1. The van der Waals surface area contributed by atoms with Crippen LogP contribution >= 0.6 is 0 Å². The lowest BCUT2D eigenvalue weighted by atomic mass is 10.0. The molecule has 2 aromatic rings. The van der Waals surface area contributed by atoms with Crippen molar-refractivity contribution >= 4 is 11.7 Å². The van der Waals surface area contributed by atoms with Gasteiger partial charge in [0, 0.05) is 29.3 Å². The minimum absolute atomic E-state index is 0.0158. The van der Waals surface area contributed by atoms with Crippen molar-refractivity contribution < 1.29 is 31.9 Å². The van der Waals surface area contributed by atoms with E-state index >= 15 is 0 Å². The highest BCUT2D eigenvalue weighted by atomic mass is 19.3. The first-order valence-corrected chi connectivity index (χ1v) is 9.69. The van der Waals surface area contributed by atoms with Gasteiger partial charge in [0.1, 0.15) is 12.4 Å². The number of aromatic nitrogens is 1. The molecular formula is C22H24F4N2O3. The molecule has 0 aliphatic rings. The van der Waals surface area contributed by atoms with Crippen molar-refractivity contribution in [1.82, 2.24) is 10.3 Å². The van der Waals surface area contributed by atoms with E-state index in [1.807, 2.05) is 0 Å². The summed E-state index contributed by atoms with van der Waals surface area (Å²) in [5.74, 6) is -3.89. The topological polar surface area (TPSA) is 68.3 Å². The molecule has 1 aromatic heterocycles. The minimum atomic E-state index is -2.87. The number of Topliss-reactive ketones (excluding diaryl/α,β-unsaturated/α-hetero) is 1. The smallest absolute Gasteiger partial charge is 0.272 e. The Hall–Kier alpha value is -2.97. The summed E-state index contributed by atoms with van der Waals surface area (Å²) in [7, 11) is 0. The number of alkyl halides is 2. The zero-order valence-corrected chi connectivity index (χ0v) is 17.6. The molecule has 0 radical (unpaired) electrons. The van der Waals surface area contributed by atoms with Gasteiger partial charge in [0.15, 0.2) is 17.4 Å². The minimum Gasteiger partial charge on any atom is -0.482 e.